The quantitative estimate of drug-likeness (QED) is 0.929. The first kappa shape index (κ1) is 17.6. The van der Waals surface area contributed by atoms with Crippen LogP contribution in [-0.4, -0.2) is 48.5 Å². The molecule has 1 saturated heterocycles. The molecule has 128 valence electrons. The van der Waals surface area contributed by atoms with Gasteiger partial charge in [-0.2, -0.15) is 0 Å². The summed E-state index contributed by atoms with van der Waals surface area (Å²) in [5.74, 6) is 1.08. The van der Waals surface area contributed by atoms with Crippen molar-refractivity contribution in [2.45, 2.75) is 38.7 Å². The molecule has 1 heterocycles. The van der Waals surface area contributed by atoms with Gasteiger partial charge in [-0.15, -0.1) is 0 Å². The Balaban J connectivity index is 2.05. The number of carbonyl (C=O) groups excluding carboxylic acids is 1. The monoisotopic (exact) mass is 321 g/mol. The molecule has 1 aliphatic heterocycles. The van der Waals surface area contributed by atoms with Gasteiger partial charge in [-0.1, -0.05) is 12.1 Å². The lowest BCUT2D eigenvalue weighted by atomic mass is 9.81. The molecule has 1 aliphatic rings. The average molecular weight is 321 g/mol. The number of aliphatic hydroxyl groups excluding tert-OH is 1. The van der Waals surface area contributed by atoms with Crippen LogP contribution in [0.1, 0.15) is 38.7 Å². The SMILES string of the molecule is COc1ccc([C@H]2CCN(C(=O)OC(C)(C)C)C[C@H]2CO)cc1. The van der Waals surface area contributed by atoms with E-state index in [1.54, 1.807) is 12.0 Å². The lowest BCUT2D eigenvalue weighted by Gasteiger charge is -2.38. The molecule has 0 spiro atoms. The van der Waals surface area contributed by atoms with Crippen molar-refractivity contribution in [3.8, 4) is 5.75 Å². The summed E-state index contributed by atoms with van der Waals surface area (Å²) in [7, 11) is 1.64. The second-order valence-corrected chi connectivity index (χ2v) is 7.04. The number of aliphatic hydroxyl groups is 1. The number of carbonyl (C=O) groups is 1. The summed E-state index contributed by atoms with van der Waals surface area (Å²) in [6, 6.07) is 7.94. The molecule has 1 amide bonds. The first-order valence-corrected chi connectivity index (χ1v) is 8.07. The van der Waals surface area contributed by atoms with Gasteiger partial charge >= 0.3 is 6.09 Å². The second kappa shape index (κ2) is 7.21. The summed E-state index contributed by atoms with van der Waals surface area (Å²) in [6.07, 6.45) is 0.515. The third-order valence-electron chi connectivity index (χ3n) is 4.16. The van der Waals surface area contributed by atoms with Crippen molar-refractivity contribution >= 4 is 6.09 Å². The Morgan fingerprint density at radius 2 is 1.96 bits per heavy atom. The first-order valence-electron chi connectivity index (χ1n) is 8.07. The van der Waals surface area contributed by atoms with Crippen LogP contribution in [0.4, 0.5) is 4.79 Å². The van der Waals surface area contributed by atoms with Gasteiger partial charge in [0.15, 0.2) is 0 Å². The Kier molecular flexibility index (Phi) is 5.52. The van der Waals surface area contributed by atoms with Crippen LogP contribution in [0, 0.1) is 5.92 Å². The fourth-order valence-electron chi connectivity index (χ4n) is 3.00. The molecule has 0 unspecified atom stereocenters. The number of nitrogens with zero attached hydrogens (tertiary/aromatic N) is 1. The molecule has 5 heteroatoms. The molecule has 1 aromatic carbocycles. The Morgan fingerprint density at radius 3 is 2.48 bits per heavy atom. The van der Waals surface area contributed by atoms with E-state index in [0.717, 1.165) is 12.2 Å². The number of likely N-dealkylation sites (tertiary alicyclic amines) is 1. The summed E-state index contributed by atoms with van der Waals surface area (Å²) < 4.78 is 10.6. The number of rotatable bonds is 3. The number of benzene rings is 1. The van der Waals surface area contributed by atoms with Gasteiger partial charge < -0.3 is 19.5 Å². The highest BCUT2D eigenvalue weighted by Gasteiger charge is 2.33. The molecule has 1 aromatic rings. The Morgan fingerprint density at radius 1 is 1.30 bits per heavy atom. The third kappa shape index (κ3) is 4.61. The third-order valence-corrected chi connectivity index (χ3v) is 4.16. The molecule has 1 N–H and O–H groups in total. The predicted octanol–water partition coefficient (Wildman–Crippen LogP) is 3.03. The van der Waals surface area contributed by atoms with E-state index in [0.29, 0.717) is 13.1 Å². The zero-order valence-corrected chi connectivity index (χ0v) is 14.4. The van der Waals surface area contributed by atoms with Crippen molar-refractivity contribution in [3.05, 3.63) is 29.8 Å². The van der Waals surface area contributed by atoms with Gasteiger partial charge in [-0.05, 0) is 50.8 Å². The second-order valence-electron chi connectivity index (χ2n) is 7.04. The summed E-state index contributed by atoms with van der Waals surface area (Å²) in [5.41, 5.74) is 0.673. The molecule has 1 fully saturated rings. The van der Waals surface area contributed by atoms with Crippen LogP contribution in [0.3, 0.4) is 0 Å². The number of hydrogen-bond donors (Lipinski definition) is 1. The van der Waals surface area contributed by atoms with E-state index >= 15 is 0 Å². The molecule has 0 radical (unpaired) electrons. The van der Waals surface area contributed by atoms with Crippen LogP contribution in [-0.2, 0) is 4.74 Å². The largest absolute Gasteiger partial charge is 0.497 e. The van der Waals surface area contributed by atoms with E-state index in [9.17, 15) is 9.90 Å². The number of piperidine rings is 1. The van der Waals surface area contributed by atoms with Crippen molar-refractivity contribution < 1.29 is 19.4 Å². The molecule has 0 bridgehead atoms. The molecule has 2 atom stereocenters. The van der Waals surface area contributed by atoms with E-state index in [1.807, 2.05) is 45.0 Å². The van der Waals surface area contributed by atoms with Gasteiger partial charge in [0.25, 0.3) is 0 Å². The van der Waals surface area contributed by atoms with E-state index in [4.69, 9.17) is 9.47 Å². The van der Waals surface area contributed by atoms with Crippen LogP contribution in [0.2, 0.25) is 0 Å². The van der Waals surface area contributed by atoms with Crippen molar-refractivity contribution in [1.82, 2.24) is 4.90 Å². The zero-order chi connectivity index (χ0) is 17.0. The normalized spacial score (nSPS) is 21.9. The van der Waals surface area contributed by atoms with Crippen molar-refractivity contribution in [2.75, 3.05) is 26.8 Å². The van der Waals surface area contributed by atoms with Crippen molar-refractivity contribution in [3.63, 3.8) is 0 Å². The lowest BCUT2D eigenvalue weighted by molar-refractivity contribution is 0.0102. The maximum absolute atomic E-state index is 12.2. The van der Waals surface area contributed by atoms with Gasteiger partial charge in [0.1, 0.15) is 11.4 Å². The summed E-state index contributed by atoms with van der Waals surface area (Å²) in [4.78, 5) is 13.9. The maximum atomic E-state index is 12.2. The number of hydrogen-bond acceptors (Lipinski definition) is 4. The number of ether oxygens (including phenoxy) is 2. The molecule has 5 nitrogen and oxygen atoms in total. The molecule has 23 heavy (non-hydrogen) atoms. The van der Waals surface area contributed by atoms with E-state index in [-0.39, 0.29) is 24.5 Å². The minimum atomic E-state index is -0.501. The van der Waals surface area contributed by atoms with Crippen LogP contribution in [0.25, 0.3) is 0 Å². The molecular weight excluding hydrogens is 294 g/mol. The highest BCUT2D eigenvalue weighted by atomic mass is 16.6. The van der Waals surface area contributed by atoms with Crippen LogP contribution in [0.15, 0.2) is 24.3 Å². The topological polar surface area (TPSA) is 59.0 Å². The average Bonchev–Trinajstić information content (AvgIpc) is 2.52. The standard InChI is InChI=1S/C18H27NO4/c1-18(2,3)23-17(21)19-10-9-16(14(11-19)12-20)13-5-7-15(22-4)8-6-13/h5-8,14,16,20H,9-12H2,1-4H3/t14-,16+/m0/s1. The number of amides is 1. The first-order chi connectivity index (χ1) is 10.8. The van der Waals surface area contributed by atoms with Crippen molar-refractivity contribution in [2.24, 2.45) is 5.92 Å². The van der Waals surface area contributed by atoms with Gasteiger partial charge in [0.2, 0.25) is 0 Å². The fourth-order valence-corrected chi connectivity index (χ4v) is 3.00. The molecular formula is C18H27NO4. The zero-order valence-electron chi connectivity index (χ0n) is 14.4. The Labute approximate surface area is 138 Å². The molecule has 0 aliphatic carbocycles. The molecule has 2 rings (SSSR count). The van der Waals surface area contributed by atoms with Crippen LogP contribution < -0.4 is 4.74 Å². The van der Waals surface area contributed by atoms with Crippen molar-refractivity contribution in [1.29, 1.82) is 0 Å². The van der Waals surface area contributed by atoms with Crippen LogP contribution >= 0.6 is 0 Å². The highest BCUT2D eigenvalue weighted by Crippen LogP contribution is 2.34. The minimum absolute atomic E-state index is 0.0182. The Bertz CT molecular complexity index is 521. The van der Waals surface area contributed by atoms with Gasteiger partial charge in [0, 0.05) is 25.6 Å². The number of methoxy groups -OCH3 is 1. The fraction of sp³-hybridized carbons (Fsp3) is 0.611. The van der Waals surface area contributed by atoms with E-state index < -0.39 is 5.60 Å². The smallest absolute Gasteiger partial charge is 0.410 e. The van der Waals surface area contributed by atoms with Gasteiger partial charge in [-0.25, -0.2) is 4.79 Å². The maximum Gasteiger partial charge on any atom is 0.410 e. The highest BCUT2D eigenvalue weighted by molar-refractivity contribution is 5.68. The molecule has 0 saturated carbocycles. The lowest BCUT2D eigenvalue weighted by Crippen LogP contribution is -2.46. The summed E-state index contributed by atoms with van der Waals surface area (Å²) in [6.45, 7) is 6.79. The molecule has 0 aromatic heterocycles. The summed E-state index contributed by atoms with van der Waals surface area (Å²) >= 11 is 0. The Hall–Kier alpha value is -1.75. The van der Waals surface area contributed by atoms with Gasteiger partial charge in [-0.3, -0.25) is 0 Å². The predicted molar refractivity (Wildman–Crippen MR) is 88.7 cm³/mol. The van der Waals surface area contributed by atoms with E-state index in [1.165, 1.54) is 5.56 Å². The van der Waals surface area contributed by atoms with Crippen LogP contribution in [0.5, 0.6) is 5.75 Å². The summed E-state index contributed by atoms with van der Waals surface area (Å²) in [5, 5.41) is 9.75. The van der Waals surface area contributed by atoms with Gasteiger partial charge in [0.05, 0.1) is 7.11 Å². The van der Waals surface area contributed by atoms with E-state index in [2.05, 4.69) is 0 Å². The minimum Gasteiger partial charge on any atom is -0.497 e.